The van der Waals surface area contributed by atoms with Crippen LogP contribution in [0.2, 0.25) is 0 Å². The Bertz CT molecular complexity index is 463. The smallest absolute Gasteiger partial charge is 0.270 e. The zero-order chi connectivity index (χ0) is 13.9. The fraction of sp³-hybridized carbons (Fsp3) is 0.714. The molecule has 0 bridgehead atoms. The number of carbonyl (C=O) groups is 1. The van der Waals surface area contributed by atoms with Crippen LogP contribution in [0.4, 0.5) is 0 Å². The summed E-state index contributed by atoms with van der Waals surface area (Å²) in [6.45, 7) is 2.81. The van der Waals surface area contributed by atoms with E-state index in [1.165, 1.54) is 24.2 Å². The number of carbonyl (C=O) groups excluding carboxylic acids is 1. The summed E-state index contributed by atoms with van der Waals surface area (Å²) in [6, 6.07) is 1.14. The molecule has 0 spiro atoms. The van der Waals surface area contributed by atoms with Gasteiger partial charge in [-0.15, -0.1) is 11.3 Å². The highest BCUT2D eigenvalue weighted by Gasteiger charge is 2.32. The number of rotatable bonds is 5. The molecule has 0 radical (unpaired) electrons. The molecule has 20 heavy (non-hydrogen) atoms. The zero-order valence-electron chi connectivity index (χ0n) is 11.7. The molecular weight excluding hydrogens is 272 g/mol. The topological polar surface area (TPSA) is 71.2 Å². The van der Waals surface area contributed by atoms with Crippen LogP contribution >= 0.6 is 11.3 Å². The molecule has 1 saturated carbocycles. The number of nitrogens with one attached hydrogen (secondary N) is 1. The van der Waals surface area contributed by atoms with E-state index in [0.29, 0.717) is 18.3 Å². The molecule has 2 fully saturated rings. The average Bonchev–Trinajstić information content (AvgIpc) is 3.20. The number of hydrogen-bond acceptors (Lipinski definition) is 5. The molecule has 0 atom stereocenters. The van der Waals surface area contributed by atoms with Gasteiger partial charge in [0.05, 0.1) is 5.01 Å². The lowest BCUT2D eigenvalue weighted by Crippen LogP contribution is -2.45. The summed E-state index contributed by atoms with van der Waals surface area (Å²) in [6.07, 6.45) is 5.58. The van der Waals surface area contributed by atoms with Gasteiger partial charge in [0.2, 0.25) is 0 Å². The van der Waals surface area contributed by atoms with Crippen molar-refractivity contribution in [1.82, 2.24) is 15.2 Å². The number of hydrogen-bond donors (Lipinski definition) is 2. The SMILES string of the molecule is NCCc1nc(C(=O)NC2CCN(C3CC3)CC2)cs1. The van der Waals surface area contributed by atoms with E-state index in [4.69, 9.17) is 5.73 Å². The Balaban J connectivity index is 1.48. The number of nitrogens with zero attached hydrogens (tertiary/aromatic N) is 2. The van der Waals surface area contributed by atoms with Crippen LogP contribution in [-0.2, 0) is 6.42 Å². The third kappa shape index (κ3) is 3.37. The summed E-state index contributed by atoms with van der Waals surface area (Å²) >= 11 is 1.52. The first-order valence-electron chi connectivity index (χ1n) is 7.45. The molecule has 1 aliphatic heterocycles. The fourth-order valence-corrected chi connectivity index (χ4v) is 3.56. The standard InChI is InChI=1S/C14H22N4OS/c15-6-3-13-17-12(9-20-13)14(19)16-10-4-7-18(8-5-10)11-1-2-11/h9-11H,1-8,15H2,(H,16,19). The van der Waals surface area contributed by atoms with Gasteiger partial charge in [-0.2, -0.15) is 0 Å². The molecule has 6 heteroatoms. The van der Waals surface area contributed by atoms with Crippen LogP contribution in [0.25, 0.3) is 0 Å². The van der Waals surface area contributed by atoms with E-state index in [1.807, 2.05) is 5.38 Å². The van der Waals surface area contributed by atoms with Gasteiger partial charge in [-0.3, -0.25) is 4.79 Å². The maximum atomic E-state index is 12.1. The molecule has 1 aromatic rings. The first kappa shape index (κ1) is 14.0. The minimum atomic E-state index is -0.0330. The van der Waals surface area contributed by atoms with Crippen molar-refractivity contribution in [3.63, 3.8) is 0 Å². The van der Waals surface area contributed by atoms with E-state index in [2.05, 4.69) is 15.2 Å². The van der Waals surface area contributed by atoms with Gasteiger partial charge < -0.3 is 16.0 Å². The molecule has 1 amide bonds. The minimum absolute atomic E-state index is 0.0330. The molecule has 110 valence electrons. The average molecular weight is 294 g/mol. The molecule has 1 aliphatic carbocycles. The van der Waals surface area contributed by atoms with Crippen LogP contribution in [0, 0.1) is 0 Å². The Morgan fingerprint density at radius 1 is 1.40 bits per heavy atom. The maximum absolute atomic E-state index is 12.1. The first-order chi connectivity index (χ1) is 9.76. The van der Waals surface area contributed by atoms with E-state index in [-0.39, 0.29) is 5.91 Å². The van der Waals surface area contributed by atoms with Gasteiger partial charge in [0, 0.05) is 37.0 Å². The molecule has 1 aromatic heterocycles. The second-order valence-electron chi connectivity index (χ2n) is 5.68. The molecule has 1 saturated heterocycles. The van der Waals surface area contributed by atoms with E-state index < -0.39 is 0 Å². The van der Waals surface area contributed by atoms with Crippen LogP contribution < -0.4 is 11.1 Å². The molecule has 3 N–H and O–H groups in total. The molecule has 2 heterocycles. The highest BCUT2D eigenvalue weighted by molar-refractivity contribution is 7.09. The van der Waals surface area contributed by atoms with Gasteiger partial charge in [-0.1, -0.05) is 0 Å². The Hall–Kier alpha value is -0.980. The lowest BCUT2D eigenvalue weighted by molar-refractivity contribution is 0.0904. The molecule has 3 rings (SSSR count). The van der Waals surface area contributed by atoms with Gasteiger partial charge in [0.15, 0.2) is 0 Å². The summed E-state index contributed by atoms with van der Waals surface area (Å²) in [5.74, 6) is -0.0330. The molecule has 2 aliphatic rings. The summed E-state index contributed by atoms with van der Waals surface area (Å²) < 4.78 is 0. The number of aromatic nitrogens is 1. The lowest BCUT2D eigenvalue weighted by Gasteiger charge is -2.32. The van der Waals surface area contributed by atoms with Crippen molar-refractivity contribution in [3.05, 3.63) is 16.1 Å². The highest BCUT2D eigenvalue weighted by Crippen LogP contribution is 2.29. The quantitative estimate of drug-likeness (QED) is 0.850. The summed E-state index contributed by atoms with van der Waals surface area (Å²) in [7, 11) is 0. The Labute approximate surface area is 123 Å². The third-order valence-electron chi connectivity index (χ3n) is 4.07. The van der Waals surface area contributed by atoms with E-state index in [0.717, 1.165) is 43.4 Å². The van der Waals surface area contributed by atoms with Gasteiger partial charge in [-0.25, -0.2) is 4.98 Å². The largest absolute Gasteiger partial charge is 0.348 e. The van der Waals surface area contributed by atoms with Crippen molar-refractivity contribution < 1.29 is 4.79 Å². The predicted molar refractivity (Wildman–Crippen MR) is 80.0 cm³/mol. The van der Waals surface area contributed by atoms with Crippen molar-refractivity contribution in [3.8, 4) is 0 Å². The number of likely N-dealkylation sites (tertiary alicyclic amines) is 1. The van der Waals surface area contributed by atoms with Crippen molar-refractivity contribution in [2.75, 3.05) is 19.6 Å². The maximum Gasteiger partial charge on any atom is 0.270 e. The highest BCUT2D eigenvalue weighted by atomic mass is 32.1. The van der Waals surface area contributed by atoms with Gasteiger partial charge in [-0.05, 0) is 32.2 Å². The second-order valence-corrected chi connectivity index (χ2v) is 6.62. The molecule has 5 nitrogen and oxygen atoms in total. The number of piperidine rings is 1. The first-order valence-corrected chi connectivity index (χ1v) is 8.33. The zero-order valence-corrected chi connectivity index (χ0v) is 12.5. The van der Waals surface area contributed by atoms with E-state index in [1.54, 1.807) is 0 Å². The van der Waals surface area contributed by atoms with Crippen LogP contribution in [0.1, 0.15) is 41.2 Å². The van der Waals surface area contributed by atoms with Crippen LogP contribution in [0.5, 0.6) is 0 Å². The summed E-state index contributed by atoms with van der Waals surface area (Å²) in [5.41, 5.74) is 6.04. The van der Waals surface area contributed by atoms with E-state index >= 15 is 0 Å². The minimum Gasteiger partial charge on any atom is -0.348 e. The Kier molecular flexibility index (Phi) is 4.33. The monoisotopic (exact) mass is 294 g/mol. The predicted octanol–water partition coefficient (Wildman–Crippen LogP) is 1.00. The molecular formula is C14H22N4OS. The fourth-order valence-electron chi connectivity index (χ4n) is 2.76. The molecule has 0 aromatic carbocycles. The number of amides is 1. The number of thiazole rings is 1. The normalized spacial score (nSPS) is 21.1. The summed E-state index contributed by atoms with van der Waals surface area (Å²) in [4.78, 5) is 19.0. The van der Waals surface area contributed by atoms with Gasteiger partial charge >= 0.3 is 0 Å². The Morgan fingerprint density at radius 2 is 2.15 bits per heavy atom. The third-order valence-corrected chi connectivity index (χ3v) is 4.98. The summed E-state index contributed by atoms with van der Waals surface area (Å²) in [5, 5.41) is 5.90. The Morgan fingerprint density at radius 3 is 2.80 bits per heavy atom. The molecule has 0 unspecified atom stereocenters. The van der Waals surface area contributed by atoms with Crippen molar-refractivity contribution in [2.24, 2.45) is 5.73 Å². The van der Waals surface area contributed by atoms with Crippen molar-refractivity contribution in [2.45, 2.75) is 44.2 Å². The van der Waals surface area contributed by atoms with E-state index in [9.17, 15) is 4.79 Å². The van der Waals surface area contributed by atoms with Crippen LogP contribution in [-0.4, -0.2) is 47.5 Å². The van der Waals surface area contributed by atoms with Gasteiger partial charge in [0.25, 0.3) is 5.91 Å². The van der Waals surface area contributed by atoms with Crippen LogP contribution in [0.3, 0.4) is 0 Å². The van der Waals surface area contributed by atoms with Gasteiger partial charge in [0.1, 0.15) is 5.69 Å². The van der Waals surface area contributed by atoms with Crippen molar-refractivity contribution in [1.29, 1.82) is 0 Å². The lowest BCUT2D eigenvalue weighted by atomic mass is 10.0. The second kappa shape index (κ2) is 6.20. The van der Waals surface area contributed by atoms with Crippen LogP contribution in [0.15, 0.2) is 5.38 Å². The van der Waals surface area contributed by atoms with Crippen molar-refractivity contribution >= 4 is 17.2 Å². The number of nitrogens with two attached hydrogens (primary N) is 1.